The van der Waals surface area contributed by atoms with Crippen LogP contribution in [0.15, 0.2) is 77.8 Å². The van der Waals surface area contributed by atoms with E-state index in [1.54, 1.807) is 30.1 Å². The Hall–Kier alpha value is -4.34. The van der Waals surface area contributed by atoms with Gasteiger partial charge in [0.1, 0.15) is 12.5 Å². The number of anilines is 2. The number of rotatable bonds is 9. The molecule has 0 bridgehead atoms. The van der Waals surface area contributed by atoms with Crippen LogP contribution >= 0.6 is 0 Å². The first-order valence-corrected chi connectivity index (χ1v) is 12.3. The third kappa shape index (κ3) is 5.96. The number of nitrogens with two attached hydrogens (primary N) is 1. The molecule has 0 fully saturated rings. The summed E-state index contributed by atoms with van der Waals surface area (Å²) >= 11 is 0. The van der Waals surface area contributed by atoms with Crippen molar-refractivity contribution >= 4 is 40.6 Å². The Morgan fingerprint density at radius 2 is 1.68 bits per heavy atom. The molecule has 0 spiro atoms. The number of nitrogens with one attached hydrogen (secondary N) is 1. The fourth-order valence-electron chi connectivity index (χ4n) is 4.21. The van der Waals surface area contributed by atoms with Crippen molar-refractivity contribution in [2.24, 2.45) is 10.7 Å². The van der Waals surface area contributed by atoms with Crippen molar-refractivity contribution < 1.29 is 19.1 Å². The maximum atomic E-state index is 13.2. The van der Waals surface area contributed by atoms with Crippen LogP contribution in [0, 0.1) is 0 Å². The van der Waals surface area contributed by atoms with Crippen LogP contribution in [0.2, 0.25) is 0 Å². The molecule has 1 aliphatic heterocycles. The molecular formula is C29H31N5O4. The number of esters is 1. The molecule has 9 heteroatoms. The fourth-order valence-corrected chi connectivity index (χ4v) is 4.21. The number of aliphatic imine (C=N–C) groups is 1. The van der Waals surface area contributed by atoms with E-state index in [0.29, 0.717) is 29.2 Å². The van der Waals surface area contributed by atoms with E-state index in [0.717, 1.165) is 16.8 Å². The lowest BCUT2D eigenvalue weighted by atomic mass is 9.90. The second kappa shape index (κ2) is 11.8. The third-order valence-electron chi connectivity index (χ3n) is 6.13. The number of benzene rings is 3. The van der Waals surface area contributed by atoms with Gasteiger partial charge in [-0.2, -0.15) is 0 Å². The van der Waals surface area contributed by atoms with Crippen molar-refractivity contribution in [3.63, 3.8) is 0 Å². The molecule has 4 rings (SSSR count). The molecule has 3 aromatic rings. The van der Waals surface area contributed by atoms with Gasteiger partial charge in [0.25, 0.3) is 0 Å². The fraction of sp³-hybridized carbons (Fsp3) is 0.241. The summed E-state index contributed by atoms with van der Waals surface area (Å²) in [5, 5.41) is 2.89. The minimum absolute atomic E-state index is 0.0262. The average Bonchev–Trinajstić information content (AvgIpc) is 3.25. The number of carbonyl (C=O) groups is 3. The molecule has 0 saturated heterocycles. The van der Waals surface area contributed by atoms with Gasteiger partial charge in [-0.15, -0.1) is 0 Å². The van der Waals surface area contributed by atoms with Gasteiger partial charge < -0.3 is 25.6 Å². The average molecular weight is 514 g/mol. The number of likely N-dealkylation sites (N-methyl/N-ethyl adjacent to an activating group) is 2. The number of hydrogen-bond donors (Lipinski definition) is 2. The van der Waals surface area contributed by atoms with Crippen molar-refractivity contribution in [2.75, 3.05) is 51.1 Å². The maximum absolute atomic E-state index is 13.2. The highest BCUT2D eigenvalue weighted by Gasteiger charge is 2.36. The molecule has 2 amide bonds. The topological polar surface area (TPSA) is 117 Å². The van der Waals surface area contributed by atoms with Crippen molar-refractivity contribution in [3.8, 4) is 0 Å². The standard InChI is InChI=1S/C29H31N5O4/c1-33(2)18-25(35)34(3)22-12-10-21(11-13-22)31-27(19-7-5-4-6-8-19)26-23-14-9-20(29(37)38-16-15-30)17-24(23)32-28(26)36/h4-14,17,26H,15-16,18,30H2,1-3H3,(H,32,36). The Labute approximate surface area is 221 Å². The molecule has 9 nitrogen and oxygen atoms in total. The van der Waals surface area contributed by atoms with E-state index < -0.39 is 11.9 Å². The molecule has 1 aliphatic rings. The zero-order valence-electron chi connectivity index (χ0n) is 21.7. The van der Waals surface area contributed by atoms with Crippen molar-refractivity contribution in [3.05, 3.63) is 89.5 Å². The Bertz CT molecular complexity index is 1350. The summed E-state index contributed by atoms with van der Waals surface area (Å²) in [5.74, 6) is -1.44. The number of hydrogen-bond acceptors (Lipinski definition) is 7. The minimum atomic E-state index is -0.675. The molecule has 38 heavy (non-hydrogen) atoms. The van der Waals surface area contributed by atoms with Gasteiger partial charge in [0.2, 0.25) is 11.8 Å². The summed E-state index contributed by atoms with van der Waals surface area (Å²) in [4.78, 5) is 46.2. The molecule has 1 heterocycles. The molecule has 0 aromatic heterocycles. The molecule has 1 unspecified atom stereocenters. The monoisotopic (exact) mass is 513 g/mol. The van der Waals surface area contributed by atoms with Crippen LogP contribution < -0.4 is 16.0 Å². The highest BCUT2D eigenvalue weighted by molar-refractivity contribution is 6.24. The number of fused-ring (bicyclic) bond motifs is 1. The molecule has 0 radical (unpaired) electrons. The zero-order valence-corrected chi connectivity index (χ0v) is 21.7. The van der Waals surface area contributed by atoms with Gasteiger partial charge in [-0.3, -0.25) is 14.6 Å². The van der Waals surface area contributed by atoms with E-state index in [1.807, 2.05) is 73.6 Å². The first kappa shape index (κ1) is 26.7. The van der Waals surface area contributed by atoms with Crippen LogP contribution in [0.25, 0.3) is 0 Å². The van der Waals surface area contributed by atoms with E-state index in [9.17, 15) is 14.4 Å². The molecule has 196 valence electrons. The number of amides is 2. The summed E-state index contributed by atoms with van der Waals surface area (Å²) in [6.07, 6.45) is 0. The largest absolute Gasteiger partial charge is 0.461 e. The van der Waals surface area contributed by atoms with E-state index >= 15 is 0 Å². The lowest BCUT2D eigenvalue weighted by Crippen LogP contribution is -2.34. The second-order valence-electron chi connectivity index (χ2n) is 9.22. The van der Waals surface area contributed by atoms with Crippen LogP contribution in [0.5, 0.6) is 0 Å². The summed E-state index contributed by atoms with van der Waals surface area (Å²) in [7, 11) is 5.43. The quantitative estimate of drug-likeness (QED) is 0.335. The van der Waals surface area contributed by atoms with Gasteiger partial charge in [-0.25, -0.2) is 4.79 Å². The molecule has 1 atom stereocenters. The van der Waals surface area contributed by atoms with Crippen LogP contribution in [0.1, 0.15) is 27.4 Å². The smallest absolute Gasteiger partial charge is 0.338 e. The first-order chi connectivity index (χ1) is 18.3. The summed E-state index contributed by atoms with van der Waals surface area (Å²) in [5.41, 5.74) is 9.78. The first-order valence-electron chi connectivity index (χ1n) is 12.3. The van der Waals surface area contributed by atoms with E-state index in [1.165, 1.54) is 0 Å². The molecule has 0 saturated carbocycles. The summed E-state index contributed by atoms with van der Waals surface area (Å²) in [6, 6.07) is 21.8. The predicted octanol–water partition coefficient (Wildman–Crippen LogP) is 3.18. The maximum Gasteiger partial charge on any atom is 0.338 e. The lowest BCUT2D eigenvalue weighted by molar-refractivity contribution is -0.119. The van der Waals surface area contributed by atoms with E-state index in [2.05, 4.69) is 5.32 Å². The van der Waals surface area contributed by atoms with E-state index in [-0.39, 0.29) is 25.0 Å². The van der Waals surface area contributed by atoms with Gasteiger partial charge in [0, 0.05) is 25.0 Å². The zero-order chi connectivity index (χ0) is 27.2. The van der Waals surface area contributed by atoms with Gasteiger partial charge in [-0.05, 0) is 61.6 Å². The highest BCUT2D eigenvalue weighted by Crippen LogP contribution is 2.37. The SMILES string of the molecule is CN(C)CC(=O)N(C)c1ccc(N=C(c2ccccc2)C2C(=O)Nc3cc(C(=O)OCCN)ccc32)cc1. The molecule has 0 aliphatic carbocycles. The van der Waals surface area contributed by atoms with E-state index in [4.69, 9.17) is 15.5 Å². The van der Waals surface area contributed by atoms with Gasteiger partial charge in [0.15, 0.2) is 0 Å². The van der Waals surface area contributed by atoms with Crippen LogP contribution in [-0.2, 0) is 14.3 Å². The number of carbonyl (C=O) groups excluding carboxylic acids is 3. The van der Waals surface area contributed by atoms with Crippen molar-refractivity contribution in [1.82, 2.24) is 4.90 Å². The highest BCUT2D eigenvalue weighted by atomic mass is 16.5. The summed E-state index contributed by atoms with van der Waals surface area (Å²) < 4.78 is 5.12. The normalized spacial score (nSPS) is 14.7. The molecule has 3 N–H and O–H groups in total. The van der Waals surface area contributed by atoms with Crippen molar-refractivity contribution in [2.45, 2.75) is 5.92 Å². The van der Waals surface area contributed by atoms with Crippen LogP contribution in [0.4, 0.5) is 17.1 Å². The number of ether oxygens (including phenoxy) is 1. The Balaban J connectivity index is 1.68. The second-order valence-corrected chi connectivity index (χ2v) is 9.22. The molecule has 3 aromatic carbocycles. The number of nitrogens with zero attached hydrogens (tertiary/aromatic N) is 3. The third-order valence-corrected chi connectivity index (χ3v) is 6.13. The Morgan fingerprint density at radius 1 is 0.974 bits per heavy atom. The predicted molar refractivity (Wildman–Crippen MR) is 148 cm³/mol. The van der Waals surface area contributed by atoms with Gasteiger partial charge in [-0.1, -0.05) is 36.4 Å². The Kier molecular flexibility index (Phi) is 8.30. The molecular weight excluding hydrogens is 482 g/mol. The summed E-state index contributed by atoms with van der Waals surface area (Å²) in [6.45, 7) is 0.654. The van der Waals surface area contributed by atoms with Crippen LogP contribution in [0.3, 0.4) is 0 Å². The van der Waals surface area contributed by atoms with Crippen LogP contribution in [-0.4, -0.2) is 69.2 Å². The Morgan fingerprint density at radius 3 is 2.34 bits per heavy atom. The van der Waals surface area contributed by atoms with Gasteiger partial charge in [0.05, 0.1) is 23.5 Å². The van der Waals surface area contributed by atoms with Gasteiger partial charge >= 0.3 is 5.97 Å². The minimum Gasteiger partial charge on any atom is -0.461 e. The lowest BCUT2D eigenvalue weighted by Gasteiger charge is -2.20. The van der Waals surface area contributed by atoms with Crippen molar-refractivity contribution in [1.29, 1.82) is 0 Å².